The summed E-state index contributed by atoms with van der Waals surface area (Å²) in [7, 11) is 1.89. The van der Waals surface area contributed by atoms with Gasteiger partial charge in [-0.1, -0.05) is 18.7 Å². The molecule has 1 aromatic heterocycles. The highest BCUT2D eigenvalue weighted by Crippen LogP contribution is 2.25. The van der Waals surface area contributed by atoms with Crippen LogP contribution in [0.3, 0.4) is 0 Å². The molecule has 1 saturated heterocycles. The normalized spacial score (nSPS) is 17.7. The van der Waals surface area contributed by atoms with Crippen molar-refractivity contribution in [1.29, 1.82) is 0 Å². The van der Waals surface area contributed by atoms with Crippen LogP contribution in [0.5, 0.6) is 5.75 Å². The Hall–Kier alpha value is -2.02. The zero-order valence-corrected chi connectivity index (χ0v) is 15.5. The summed E-state index contributed by atoms with van der Waals surface area (Å²) in [6.45, 7) is 3.02. The molecule has 1 aliphatic heterocycles. The van der Waals surface area contributed by atoms with Gasteiger partial charge in [-0.05, 0) is 49.9 Å². The van der Waals surface area contributed by atoms with Crippen molar-refractivity contribution in [2.45, 2.75) is 43.8 Å². The van der Waals surface area contributed by atoms with E-state index in [4.69, 9.17) is 0 Å². The lowest BCUT2D eigenvalue weighted by atomic mass is 10.0. The fourth-order valence-corrected chi connectivity index (χ4v) is 4.06. The minimum Gasteiger partial charge on any atom is -0.508 e. The minimum absolute atomic E-state index is 0.186. The van der Waals surface area contributed by atoms with Crippen molar-refractivity contribution >= 4 is 17.7 Å². The van der Waals surface area contributed by atoms with Gasteiger partial charge in [-0.2, -0.15) is 0 Å². The topological polar surface area (TPSA) is 71.2 Å². The Labute approximate surface area is 152 Å². The van der Waals surface area contributed by atoms with Crippen LogP contribution in [0, 0.1) is 0 Å². The van der Waals surface area contributed by atoms with E-state index < -0.39 is 0 Å². The van der Waals surface area contributed by atoms with Gasteiger partial charge in [0.1, 0.15) is 5.75 Å². The number of hydrogen-bond donors (Lipinski definition) is 1. The van der Waals surface area contributed by atoms with E-state index in [0.29, 0.717) is 11.8 Å². The molecule has 1 fully saturated rings. The molecule has 134 valence electrons. The lowest BCUT2D eigenvalue weighted by molar-refractivity contribution is -0.132. The minimum atomic E-state index is 0.186. The second-order valence-corrected chi connectivity index (χ2v) is 7.29. The molecule has 1 N–H and O–H groups in total. The molecule has 25 heavy (non-hydrogen) atoms. The Morgan fingerprint density at radius 2 is 2.04 bits per heavy atom. The summed E-state index contributed by atoms with van der Waals surface area (Å²) in [4.78, 5) is 14.6. The average molecular weight is 360 g/mol. The van der Waals surface area contributed by atoms with Gasteiger partial charge >= 0.3 is 0 Å². The van der Waals surface area contributed by atoms with Crippen LogP contribution in [-0.4, -0.2) is 49.0 Å². The summed E-state index contributed by atoms with van der Waals surface area (Å²) in [5.74, 6) is 1.51. The van der Waals surface area contributed by atoms with Gasteiger partial charge < -0.3 is 14.6 Å². The predicted molar refractivity (Wildman–Crippen MR) is 98.5 cm³/mol. The molecule has 0 aliphatic carbocycles. The van der Waals surface area contributed by atoms with E-state index in [1.165, 1.54) is 18.2 Å². The molecule has 7 heteroatoms. The van der Waals surface area contributed by atoms with E-state index in [0.717, 1.165) is 42.4 Å². The summed E-state index contributed by atoms with van der Waals surface area (Å²) < 4.78 is 1.89. The Morgan fingerprint density at radius 1 is 1.28 bits per heavy atom. The van der Waals surface area contributed by atoms with Gasteiger partial charge in [-0.3, -0.25) is 4.79 Å². The second kappa shape index (κ2) is 7.91. The summed E-state index contributed by atoms with van der Waals surface area (Å²) in [6.07, 6.45) is 4.45. The number of nitrogens with zero attached hydrogens (tertiary/aromatic N) is 4. The predicted octanol–water partition coefficient (Wildman–Crippen LogP) is 3.07. The van der Waals surface area contributed by atoms with Crippen molar-refractivity contribution in [2.75, 3.05) is 12.3 Å². The maximum atomic E-state index is 12.6. The van der Waals surface area contributed by atoms with Crippen LogP contribution in [0.1, 0.15) is 32.6 Å². The molecule has 2 heterocycles. The monoisotopic (exact) mass is 360 g/mol. The zero-order valence-electron chi connectivity index (χ0n) is 14.7. The first-order valence-corrected chi connectivity index (χ1v) is 9.69. The Balaban J connectivity index is 1.65. The number of aromatic hydroxyl groups is 1. The molecule has 0 saturated carbocycles. The maximum Gasteiger partial charge on any atom is 0.233 e. The molecule has 0 bridgehead atoms. The molecule has 0 radical (unpaired) electrons. The number of carbonyl (C=O) groups excluding carboxylic acids is 1. The van der Waals surface area contributed by atoms with Crippen LogP contribution in [0.15, 0.2) is 29.4 Å². The number of aromatic nitrogens is 3. The number of amides is 1. The van der Waals surface area contributed by atoms with Gasteiger partial charge in [0, 0.05) is 25.2 Å². The highest BCUT2D eigenvalue weighted by atomic mass is 32.2. The Bertz CT molecular complexity index is 729. The molecular weight excluding hydrogens is 336 g/mol. The maximum absolute atomic E-state index is 12.6. The smallest absolute Gasteiger partial charge is 0.233 e. The molecule has 0 unspecified atom stereocenters. The lowest BCUT2D eigenvalue weighted by Crippen LogP contribution is -2.44. The van der Waals surface area contributed by atoms with Gasteiger partial charge in [-0.15, -0.1) is 10.2 Å². The van der Waals surface area contributed by atoms with Gasteiger partial charge in [0.15, 0.2) is 11.0 Å². The number of thioether (sulfide) groups is 1. The summed E-state index contributed by atoms with van der Waals surface area (Å²) in [5, 5.41) is 18.6. The van der Waals surface area contributed by atoms with Gasteiger partial charge in [-0.25, -0.2) is 0 Å². The fraction of sp³-hybridized carbons (Fsp3) is 0.500. The third-order valence-corrected chi connectivity index (χ3v) is 5.71. The van der Waals surface area contributed by atoms with Crippen molar-refractivity contribution in [2.24, 2.45) is 7.05 Å². The number of phenols is 1. The van der Waals surface area contributed by atoms with E-state index in [9.17, 15) is 9.90 Å². The van der Waals surface area contributed by atoms with E-state index in [-0.39, 0.29) is 11.7 Å². The molecular formula is C18H24N4O2S. The van der Waals surface area contributed by atoms with Gasteiger partial charge in [0.2, 0.25) is 5.91 Å². The number of phenolic OH excluding ortho intramolecular Hbond substituents is 1. The SMILES string of the molecule is CC[C@@H]1CCCCN1C(=O)CSc1nnc(-c2ccc(O)cc2)n1C. The van der Waals surface area contributed by atoms with Crippen molar-refractivity contribution in [3.05, 3.63) is 24.3 Å². The lowest BCUT2D eigenvalue weighted by Gasteiger charge is -2.35. The standard InChI is InChI=1S/C18H24N4O2S/c1-3-14-6-4-5-11-22(14)16(24)12-25-18-20-19-17(21(18)2)13-7-9-15(23)10-8-13/h7-10,14,23H,3-6,11-12H2,1-2H3/t14-/m1/s1. The van der Waals surface area contributed by atoms with Gasteiger partial charge in [0.25, 0.3) is 0 Å². The molecule has 2 aromatic rings. The number of rotatable bonds is 5. The van der Waals surface area contributed by atoms with Crippen molar-refractivity contribution in [3.8, 4) is 17.1 Å². The van der Waals surface area contributed by atoms with Crippen LogP contribution in [0.2, 0.25) is 0 Å². The van der Waals surface area contributed by atoms with Gasteiger partial charge in [0.05, 0.1) is 5.75 Å². The second-order valence-electron chi connectivity index (χ2n) is 6.35. The molecule has 3 rings (SSSR count). The molecule has 1 aliphatic rings. The molecule has 1 atom stereocenters. The highest BCUT2D eigenvalue weighted by Gasteiger charge is 2.25. The first-order chi connectivity index (χ1) is 12.1. The summed E-state index contributed by atoms with van der Waals surface area (Å²) in [6, 6.07) is 7.24. The zero-order chi connectivity index (χ0) is 17.8. The molecule has 1 aromatic carbocycles. The van der Waals surface area contributed by atoms with Crippen LogP contribution >= 0.6 is 11.8 Å². The number of benzene rings is 1. The van der Waals surface area contributed by atoms with Crippen molar-refractivity contribution < 1.29 is 9.90 Å². The van der Waals surface area contributed by atoms with E-state index >= 15 is 0 Å². The van der Waals surface area contributed by atoms with Crippen LogP contribution in [0.25, 0.3) is 11.4 Å². The van der Waals surface area contributed by atoms with E-state index in [1.807, 2.05) is 16.5 Å². The Morgan fingerprint density at radius 3 is 2.76 bits per heavy atom. The fourth-order valence-electron chi connectivity index (χ4n) is 3.27. The van der Waals surface area contributed by atoms with E-state index in [2.05, 4.69) is 17.1 Å². The molecule has 1 amide bonds. The number of carbonyl (C=O) groups is 1. The highest BCUT2D eigenvalue weighted by molar-refractivity contribution is 7.99. The molecule has 0 spiro atoms. The number of piperidine rings is 1. The van der Waals surface area contributed by atoms with Crippen LogP contribution in [0.4, 0.5) is 0 Å². The first-order valence-electron chi connectivity index (χ1n) is 8.71. The van der Waals surface area contributed by atoms with Crippen molar-refractivity contribution in [1.82, 2.24) is 19.7 Å². The molecule has 6 nitrogen and oxygen atoms in total. The third kappa shape index (κ3) is 3.98. The Kier molecular flexibility index (Phi) is 5.63. The number of likely N-dealkylation sites (tertiary alicyclic amines) is 1. The number of hydrogen-bond acceptors (Lipinski definition) is 5. The first kappa shape index (κ1) is 17.8. The van der Waals surface area contributed by atoms with Crippen LogP contribution in [-0.2, 0) is 11.8 Å². The van der Waals surface area contributed by atoms with Crippen molar-refractivity contribution in [3.63, 3.8) is 0 Å². The average Bonchev–Trinajstić information content (AvgIpc) is 3.01. The van der Waals surface area contributed by atoms with E-state index in [1.54, 1.807) is 24.3 Å². The third-order valence-electron chi connectivity index (χ3n) is 4.70. The largest absolute Gasteiger partial charge is 0.508 e. The summed E-state index contributed by atoms with van der Waals surface area (Å²) in [5.41, 5.74) is 0.882. The summed E-state index contributed by atoms with van der Waals surface area (Å²) >= 11 is 1.43. The van der Waals surface area contributed by atoms with Crippen LogP contribution < -0.4 is 0 Å². The quantitative estimate of drug-likeness (QED) is 0.830.